The quantitative estimate of drug-likeness (QED) is 0.391. The van der Waals surface area contributed by atoms with Crippen LogP contribution in [-0.2, 0) is 20.6 Å². The number of nitro groups is 1. The van der Waals surface area contributed by atoms with E-state index in [4.69, 9.17) is 0 Å². The van der Waals surface area contributed by atoms with Gasteiger partial charge in [0.05, 0.1) is 6.54 Å². The number of hydrogen-bond acceptors (Lipinski definition) is 5. The first kappa shape index (κ1) is 18.4. The van der Waals surface area contributed by atoms with E-state index in [2.05, 4.69) is 4.98 Å². The second-order valence-corrected chi connectivity index (χ2v) is 6.70. The van der Waals surface area contributed by atoms with E-state index in [1.807, 2.05) is 54.6 Å². The van der Waals surface area contributed by atoms with Crippen molar-refractivity contribution in [2.75, 3.05) is 0 Å². The third kappa shape index (κ3) is 3.02. The van der Waals surface area contributed by atoms with Crippen LogP contribution in [0, 0.1) is 10.1 Å². The molecule has 2 heterocycles. The van der Waals surface area contributed by atoms with Gasteiger partial charge < -0.3 is 10.1 Å². The van der Waals surface area contributed by atoms with Crippen molar-refractivity contribution in [3.8, 4) is 11.1 Å². The van der Waals surface area contributed by atoms with Gasteiger partial charge in [-0.05, 0) is 21.6 Å². The van der Waals surface area contributed by atoms with Crippen LogP contribution in [0.25, 0.3) is 22.3 Å². The molecule has 4 aromatic rings. The van der Waals surface area contributed by atoms with Gasteiger partial charge in [-0.2, -0.15) is 0 Å². The fraction of sp³-hybridized carbons (Fsp3) is 0.150. The van der Waals surface area contributed by atoms with Gasteiger partial charge >= 0.3 is 17.2 Å². The number of fused-ring (bicyclic) bond motifs is 1. The maximum atomic E-state index is 12.4. The van der Waals surface area contributed by atoms with E-state index in [1.54, 1.807) is 0 Å². The van der Waals surface area contributed by atoms with Gasteiger partial charge in [-0.15, -0.1) is 0 Å². The number of hydrogen-bond donors (Lipinski definition) is 0. The van der Waals surface area contributed by atoms with Crippen LogP contribution in [0.2, 0.25) is 0 Å². The Hall–Kier alpha value is -4.01. The summed E-state index contributed by atoms with van der Waals surface area (Å²) in [4.78, 5) is 39.5. The highest BCUT2D eigenvalue weighted by molar-refractivity contribution is 5.73. The first-order valence-corrected chi connectivity index (χ1v) is 8.83. The minimum Gasteiger partial charge on any atom is -0.390 e. The third-order valence-electron chi connectivity index (χ3n) is 4.88. The van der Waals surface area contributed by atoms with Crippen LogP contribution in [0.15, 0.2) is 64.2 Å². The Bertz CT molecular complexity index is 1350. The molecule has 0 aliphatic rings. The lowest BCUT2D eigenvalue weighted by Crippen LogP contribution is -2.37. The van der Waals surface area contributed by atoms with E-state index in [-0.39, 0.29) is 17.7 Å². The molecule has 0 amide bonds. The summed E-state index contributed by atoms with van der Waals surface area (Å²) in [5.74, 6) is -0.481. The Morgan fingerprint density at radius 2 is 1.55 bits per heavy atom. The molecule has 0 atom stereocenters. The van der Waals surface area contributed by atoms with Gasteiger partial charge in [-0.3, -0.25) is 13.9 Å². The van der Waals surface area contributed by atoms with Gasteiger partial charge in [-0.25, -0.2) is 9.36 Å². The predicted octanol–water partition coefficient (Wildman–Crippen LogP) is 2.06. The van der Waals surface area contributed by atoms with E-state index < -0.39 is 22.1 Å². The number of aryl methyl sites for hydroxylation is 1. The summed E-state index contributed by atoms with van der Waals surface area (Å²) in [7, 11) is 2.78. The summed E-state index contributed by atoms with van der Waals surface area (Å²) in [6.07, 6.45) is 0. The molecule has 146 valence electrons. The first-order chi connectivity index (χ1) is 13.9. The summed E-state index contributed by atoms with van der Waals surface area (Å²) in [6, 6.07) is 17.4. The number of aromatic nitrogens is 4. The molecule has 4 rings (SSSR count). The van der Waals surface area contributed by atoms with Crippen LogP contribution in [0.1, 0.15) is 5.56 Å². The molecule has 0 saturated carbocycles. The van der Waals surface area contributed by atoms with E-state index >= 15 is 0 Å². The second kappa shape index (κ2) is 6.86. The Morgan fingerprint density at radius 1 is 0.931 bits per heavy atom. The summed E-state index contributed by atoms with van der Waals surface area (Å²) in [5.41, 5.74) is 1.63. The first-order valence-electron chi connectivity index (χ1n) is 8.83. The van der Waals surface area contributed by atoms with E-state index in [0.29, 0.717) is 0 Å². The standard InChI is InChI=1S/C20H17N5O4/c1-22-17-16(18(26)23(2)20(22)27)21-19(25(28)29)24(17)12-13-8-10-15(11-9-13)14-6-4-3-5-7-14/h3-11H,12H2,1-2H3. The SMILES string of the molecule is Cn1c(=O)c2nc([N+](=O)[O-])n(Cc3ccc(-c4ccccc4)cc3)c2n(C)c1=O. The molecule has 0 fully saturated rings. The molecule has 0 aliphatic heterocycles. The van der Waals surface area contributed by atoms with Crippen molar-refractivity contribution in [2.24, 2.45) is 14.1 Å². The van der Waals surface area contributed by atoms with Crippen LogP contribution in [0.3, 0.4) is 0 Å². The van der Waals surface area contributed by atoms with Crippen LogP contribution < -0.4 is 11.2 Å². The van der Waals surface area contributed by atoms with Crippen molar-refractivity contribution < 1.29 is 4.92 Å². The van der Waals surface area contributed by atoms with Crippen molar-refractivity contribution in [1.82, 2.24) is 18.7 Å². The molecule has 9 heteroatoms. The topological polar surface area (TPSA) is 105 Å². The maximum Gasteiger partial charge on any atom is 0.437 e. The molecule has 0 N–H and O–H groups in total. The van der Waals surface area contributed by atoms with E-state index in [1.165, 1.54) is 23.2 Å². The number of rotatable bonds is 4. The van der Waals surface area contributed by atoms with E-state index in [9.17, 15) is 19.7 Å². The third-order valence-corrected chi connectivity index (χ3v) is 4.88. The molecule has 0 bridgehead atoms. The lowest BCUT2D eigenvalue weighted by Gasteiger charge is -2.07. The van der Waals surface area contributed by atoms with E-state index in [0.717, 1.165) is 21.3 Å². The van der Waals surface area contributed by atoms with Gasteiger partial charge in [0, 0.05) is 14.1 Å². The average molecular weight is 391 g/mol. The maximum absolute atomic E-state index is 12.4. The van der Waals surface area contributed by atoms with Crippen molar-refractivity contribution in [3.63, 3.8) is 0 Å². The second-order valence-electron chi connectivity index (χ2n) is 6.70. The Kier molecular flexibility index (Phi) is 4.34. The summed E-state index contributed by atoms with van der Waals surface area (Å²) >= 11 is 0. The zero-order valence-electron chi connectivity index (χ0n) is 15.8. The van der Waals surface area contributed by atoms with Gasteiger partial charge in [-0.1, -0.05) is 59.6 Å². The summed E-state index contributed by atoms with van der Waals surface area (Å²) in [6.45, 7) is 0.0995. The normalized spacial score (nSPS) is 11.1. The number of nitrogens with zero attached hydrogens (tertiary/aromatic N) is 5. The molecule has 0 radical (unpaired) electrons. The molecule has 0 spiro atoms. The lowest BCUT2D eigenvalue weighted by molar-refractivity contribution is -0.396. The van der Waals surface area contributed by atoms with Crippen LogP contribution >= 0.6 is 0 Å². The zero-order chi connectivity index (χ0) is 20.7. The Labute approximate surface area is 164 Å². The minimum absolute atomic E-state index is 0.0995. The molecule has 2 aromatic carbocycles. The fourth-order valence-corrected chi connectivity index (χ4v) is 3.38. The lowest BCUT2D eigenvalue weighted by atomic mass is 10.0. The highest BCUT2D eigenvalue weighted by Gasteiger charge is 2.28. The Morgan fingerprint density at radius 3 is 2.17 bits per heavy atom. The van der Waals surface area contributed by atoms with Crippen molar-refractivity contribution in [1.29, 1.82) is 0 Å². The molecular formula is C20H17N5O4. The summed E-state index contributed by atoms with van der Waals surface area (Å²) < 4.78 is 3.38. The molecule has 0 aliphatic carbocycles. The molecular weight excluding hydrogens is 374 g/mol. The highest BCUT2D eigenvalue weighted by atomic mass is 16.6. The molecule has 29 heavy (non-hydrogen) atoms. The van der Waals surface area contributed by atoms with Gasteiger partial charge in [0.2, 0.25) is 5.65 Å². The van der Waals surface area contributed by atoms with Gasteiger partial charge in [0.1, 0.15) is 0 Å². The highest BCUT2D eigenvalue weighted by Crippen LogP contribution is 2.22. The molecule has 2 aromatic heterocycles. The van der Waals surface area contributed by atoms with Crippen LogP contribution in [0.4, 0.5) is 5.95 Å². The smallest absolute Gasteiger partial charge is 0.390 e. The van der Waals surface area contributed by atoms with Gasteiger partial charge in [0.25, 0.3) is 5.52 Å². The number of benzene rings is 2. The molecule has 9 nitrogen and oxygen atoms in total. The fourth-order valence-electron chi connectivity index (χ4n) is 3.38. The minimum atomic E-state index is -0.663. The summed E-state index contributed by atoms with van der Waals surface area (Å²) in [5, 5.41) is 11.5. The number of imidazole rings is 1. The van der Waals surface area contributed by atoms with Crippen molar-refractivity contribution in [3.05, 3.63) is 91.1 Å². The predicted molar refractivity (Wildman–Crippen MR) is 108 cm³/mol. The van der Waals surface area contributed by atoms with Crippen LogP contribution in [-0.4, -0.2) is 23.6 Å². The molecule has 0 saturated heterocycles. The van der Waals surface area contributed by atoms with Crippen molar-refractivity contribution >= 4 is 17.1 Å². The average Bonchev–Trinajstić information content (AvgIpc) is 3.11. The van der Waals surface area contributed by atoms with Crippen LogP contribution in [0.5, 0.6) is 0 Å². The largest absolute Gasteiger partial charge is 0.437 e. The molecule has 0 unspecified atom stereocenters. The zero-order valence-corrected chi connectivity index (χ0v) is 15.8. The van der Waals surface area contributed by atoms with Gasteiger partial charge in [0.15, 0.2) is 0 Å². The Balaban J connectivity index is 1.84. The monoisotopic (exact) mass is 391 g/mol. The van der Waals surface area contributed by atoms with Crippen molar-refractivity contribution in [2.45, 2.75) is 6.54 Å².